The molecule has 36 valence electrons. The molecule has 3 nitrogen and oxygen atoms in total. The molecule has 0 saturated heterocycles. The van der Waals surface area contributed by atoms with E-state index in [4.69, 9.17) is 11.6 Å². The molecule has 0 bridgehead atoms. The van der Waals surface area contributed by atoms with Crippen molar-refractivity contribution in [2.24, 2.45) is 16.7 Å². The first-order valence-corrected chi connectivity index (χ1v) is 2.61. The van der Waals surface area contributed by atoms with E-state index in [2.05, 4.69) is 5.10 Å². The summed E-state index contributed by atoms with van der Waals surface area (Å²) in [4.78, 5) is 0. The summed E-state index contributed by atoms with van der Waals surface area (Å²) in [5.41, 5.74) is 5.06. The van der Waals surface area contributed by atoms with Crippen molar-refractivity contribution < 1.29 is 0 Å². The lowest BCUT2D eigenvalue weighted by Gasteiger charge is -1.83. The summed E-state index contributed by atoms with van der Waals surface area (Å²) in [5, 5.41) is 3.58. The number of amidine groups is 1. The molecule has 0 rings (SSSR count). The van der Waals surface area contributed by atoms with E-state index in [0.29, 0.717) is 5.17 Å². The van der Waals surface area contributed by atoms with Crippen LogP contribution in [0.4, 0.5) is 0 Å². The lowest BCUT2D eigenvalue weighted by Crippen LogP contribution is -2.07. The SMILES string of the molecule is CS/C(N)=N/N. The lowest BCUT2D eigenvalue weighted by atomic mass is 11.4. The van der Waals surface area contributed by atoms with Gasteiger partial charge in [0.2, 0.25) is 0 Å². The fourth-order valence-electron chi connectivity index (χ4n) is 0.0527. The Balaban J connectivity index is 3.22. The maximum atomic E-state index is 5.06. The molecule has 0 aromatic rings. The maximum Gasteiger partial charge on any atom is 0.177 e. The van der Waals surface area contributed by atoms with Gasteiger partial charge >= 0.3 is 0 Å². The van der Waals surface area contributed by atoms with Crippen LogP contribution in [0.15, 0.2) is 5.10 Å². The van der Waals surface area contributed by atoms with E-state index in [1.807, 2.05) is 6.26 Å². The predicted molar refractivity (Wildman–Crippen MR) is 29.3 cm³/mol. The van der Waals surface area contributed by atoms with E-state index >= 15 is 0 Å². The van der Waals surface area contributed by atoms with Gasteiger partial charge in [0.15, 0.2) is 5.17 Å². The van der Waals surface area contributed by atoms with Crippen molar-refractivity contribution in [3.8, 4) is 0 Å². The highest BCUT2D eigenvalue weighted by atomic mass is 32.2. The quantitative estimate of drug-likeness (QED) is 0.189. The molecule has 0 aromatic heterocycles. The molecule has 0 radical (unpaired) electrons. The van der Waals surface area contributed by atoms with Crippen LogP contribution in [0.3, 0.4) is 0 Å². The van der Waals surface area contributed by atoms with E-state index in [-0.39, 0.29) is 0 Å². The fraction of sp³-hybridized carbons (Fsp3) is 0.500. The molecule has 0 heterocycles. The van der Waals surface area contributed by atoms with E-state index in [9.17, 15) is 0 Å². The zero-order chi connectivity index (χ0) is 4.99. The normalized spacial score (nSPS) is 11.8. The van der Waals surface area contributed by atoms with Crippen molar-refractivity contribution in [3.63, 3.8) is 0 Å². The summed E-state index contributed by atoms with van der Waals surface area (Å²) < 4.78 is 0. The summed E-state index contributed by atoms with van der Waals surface area (Å²) in [6.07, 6.45) is 1.81. The van der Waals surface area contributed by atoms with Gasteiger partial charge in [-0.2, -0.15) is 5.10 Å². The molecular formula is C2H7N3S. The first-order valence-electron chi connectivity index (χ1n) is 1.38. The molecule has 0 atom stereocenters. The first kappa shape index (κ1) is 5.62. The van der Waals surface area contributed by atoms with E-state index in [1.54, 1.807) is 0 Å². The van der Waals surface area contributed by atoms with Gasteiger partial charge in [-0.1, -0.05) is 11.8 Å². The second kappa shape index (κ2) is 2.84. The Hall–Kier alpha value is -0.380. The standard InChI is InChI=1S/C2H7N3S/c1-6-2(3)5-4/h4H2,1H3,(H2,3,5). The molecule has 4 N–H and O–H groups in total. The molecule has 0 unspecified atom stereocenters. The minimum absolute atomic E-state index is 0.412. The van der Waals surface area contributed by atoms with Crippen molar-refractivity contribution in [1.82, 2.24) is 0 Å². The zero-order valence-corrected chi connectivity index (χ0v) is 4.33. The third-order valence-electron chi connectivity index (χ3n) is 0.336. The smallest absolute Gasteiger partial charge is 0.177 e. The van der Waals surface area contributed by atoms with Gasteiger partial charge in [-0.05, 0) is 6.26 Å². The van der Waals surface area contributed by atoms with Gasteiger partial charge in [-0.15, -0.1) is 0 Å². The highest BCUT2D eigenvalue weighted by Crippen LogP contribution is 1.85. The molecule has 0 aliphatic carbocycles. The minimum atomic E-state index is 0.412. The molecule has 0 spiro atoms. The highest BCUT2D eigenvalue weighted by molar-refractivity contribution is 8.13. The summed E-state index contributed by atoms with van der Waals surface area (Å²) in [7, 11) is 0. The number of rotatable bonds is 0. The Bertz CT molecular complexity index is 59.8. The number of hydrogen-bond donors (Lipinski definition) is 2. The van der Waals surface area contributed by atoms with Crippen molar-refractivity contribution >= 4 is 16.9 Å². The molecule has 0 aromatic carbocycles. The highest BCUT2D eigenvalue weighted by Gasteiger charge is 1.77. The molecule has 4 heteroatoms. The van der Waals surface area contributed by atoms with E-state index in [0.717, 1.165) is 0 Å². The van der Waals surface area contributed by atoms with Gasteiger partial charge in [0.05, 0.1) is 0 Å². The first-order chi connectivity index (χ1) is 2.81. The van der Waals surface area contributed by atoms with Crippen LogP contribution in [0.1, 0.15) is 0 Å². The van der Waals surface area contributed by atoms with Crippen LogP contribution in [0.5, 0.6) is 0 Å². The van der Waals surface area contributed by atoms with Gasteiger partial charge in [0.25, 0.3) is 0 Å². The van der Waals surface area contributed by atoms with Crippen LogP contribution in [-0.2, 0) is 0 Å². The number of hydrazone groups is 1. The molecule has 0 aliphatic rings. The Morgan fingerprint density at radius 1 is 1.83 bits per heavy atom. The summed E-state index contributed by atoms with van der Waals surface area (Å²) >= 11 is 1.33. The van der Waals surface area contributed by atoms with Crippen LogP contribution in [-0.4, -0.2) is 11.4 Å². The Kier molecular flexibility index (Phi) is 2.66. The number of thioether (sulfide) groups is 1. The van der Waals surface area contributed by atoms with Gasteiger partial charge in [-0.3, -0.25) is 0 Å². The van der Waals surface area contributed by atoms with Crippen LogP contribution < -0.4 is 11.6 Å². The fourth-order valence-corrected chi connectivity index (χ4v) is 0.158. The van der Waals surface area contributed by atoms with Crippen LogP contribution in [0, 0.1) is 0 Å². The number of hydrogen-bond acceptors (Lipinski definition) is 3. The number of nitrogens with two attached hydrogens (primary N) is 2. The molecule has 0 fully saturated rings. The van der Waals surface area contributed by atoms with Crippen molar-refractivity contribution in [3.05, 3.63) is 0 Å². The third kappa shape index (κ3) is 1.90. The van der Waals surface area contributed by atoms with Gasteiger partial charge in [-0.25, -0.2) is 0 Å². The average molecular weight is 105 g/mol. The molecular weight excluding hydrogens is 98.1 g/mol. The summed E-state index contributed by atoms with van der Waals surface area (Å²) in [5.74, 6) is 4.72. The van der Waals surface area contributed by atoms with Crippen LogP contribution >= 0.6 is 11.8 Å². The molecule has 0 saturated carbocycles. The largest absolute Gasteiger partial charge is 0.377 e. The Labute approximate surface area is 40.8 Å². The molecule has 0 amide bonds. The van der Waals surface area contributed by atoms with Crippen LogP contribution in [0.2, 0.25) is 0 Å². The molecule has 6 heavy (non-hydrogen) atoms. The maximum absolute atomic E-state index is 5.06. The second-order valence-corrected chi connectivity index (χ2v) is 1.50. The van der Waals surface area contributed by atoms with E-state index < -0.39 is 0 Å². The Morgan fingerprint density at radius 2 is 2.33 bits per heavy atom. The van der Waals surface area contributed by atoms with Crippen molar-refractivity contribution in [2.75, 3.05) is 6.26 Å². The van der Waals surface area contributed by atoms with Gasteiger partial charge in [0.1, 0.15) is 0 Å². The molecule has 0 aliphatic heterocycles. The summed E-state index contributed by atoms with van der Waals surface area (Å²) in [6, 6.07) is 0. The predicted octanol–water partition coefficient (Wildman–Crippen LogP) is -0.462. The zero-order valence-electron chi connectivity index (χ0n) is 3.51. The van der Waals surface area contributed by atoms with Crippen molar-refractivity contribution in [1.29, 1.82) is 0 Å². The van der Waals surface area contributed by atoms with Crippen LogP contribution in [0.25, 0.3) is 0 Å². The third-order valence-corrected chi connectivity index (χ3v) is 0.860. The van der Waals surface area contributed by atoms with Gasteiger partial charge < -0.3 is 11.6 Å². The average Bonchev–Trinajstić information content (AvgIpc) is 1.65. The minimum Gasteiger partial charge on any atom is -0.377 e. The lowest BCUT2D eigenvalue weighted by molar-refractivity contribution is 1.25. The second-order valence-electron chi connectivity index (χ2n) is 0.671. The summed E-state index contributed by atoms with van der Waals surface area (Å²) in [6.45, 7) is 0. The van der Waals surface area contributed by atoms with Crippen molar-refractivity contribution in [2.45, 2.75) is 0 Å². The topological polar surface area (TPSA) is 64.4 Å². The van der Waals surface area contributed by atoms with Gasteiger partial charge in [0, 0.05) is 0 Å². The Morgan fingerprint density at radius 3 is 2.33 bits per heavy atom. The number of nitrogens with zero attached hydrogens (tertiary/aromatic N) is 1. The van der Waals surface area contributed by atoms with E-state index in [1.165, 1.54) is 11.8 Å². The monoisotopic (exact) mass is 105 g/mol.